The zero-order valence-electron chi connectivity index (χ0n) is 16.1. The van der Waals surface area contributed by atoms with Crippen molar-refractivity contribution >= 4 is 33.0 Å². The quantitative estimate of drug-likeness (QED) is 0.579. The molecule has 0 atom stereocenters. The van der Waals surface area contributed by atoms with E-state index in [1.165, 1.54) is 25.1 Å². The largest absolute Gasteiger partial charge is 0.492 e. The number of halogens is 2. The van der Waals surface area contributed by atoms with E-state index in [1.807, 2.05) is 0 Å². The van der Waals surface area contributed by atoms with E-state index < -0.39 is 21.6 Å². The summed E-state index contributed by atoms with van der Waals surface area (Å²) in [5.74, 6) is -0.753. The van der Waals surface area contributed by atoms with Crippen LogP contribution in [-0.4, -0.2) is 38.1 Å². The molecule has 158 valence electrons. The number of aryl methyl sites for hydroxylation is 1. The van der Waals surface area contributed by atoms with Gasteiger partial charge in [0, 0.05) is 18.0 Å². The molecule has 0 fully saturated rings. The van der Waals surface area contributed by atoms with Crippen molar-refractivity contribution in [3.8, 4) is 17.0 Å². The minimum absolute atomic E-state index is 0.00587. The van der Waals surface area contributed by atoms with Gasteiger partial charge in [0.25, 0.3) is 5.91 Å². The van der Waals surface area contributed by atoms with Crippen molar-refractivity contribution in [1.29, 1.82) is 0 Å². The van der Waals surface area contributed by atoms with E-state index in [2.05, 4.69) is 10.5 Å². The number of hydrogen-bond acceptors (Lipinski definition) is 6. The van der Waals surface area contributed by atoms with E-state index in [4.69, 9.17) is 20.9 Å². The predicted molar refractivity (Wildman–Crippen MR) is 111 cm³/mol. The molecule has 7 nitrogen and oxygen atoms in total. The second-order valence-corrected chi connectivity index (χ2v) is 9.19. The molecule has 1 heterocycles. The molecule has 1 aromatic heterocycles. The normalized spacial score (nSPS) is 11.3. The number of amides is 1. The monoisotopic (exact) mass is 452 g/mol. The molecule has 30 heavy (non-hydrogen) atoms. The van der Waals surface area contributed by atoms with Crippen molar-refractivity contribution in [2.45, 2.75) is 6.92 Å². The van der Waals surface area contributed by atoms with Crippen LogP contribution in [0.1, 0.15) is 16.1 Å². The Morgan fingerprint density at radius 1 is 1.27 bits per heavy atom. The third kappa shape index (κ3) is 5.17. The molecule has 0 radical (unpaired) electrons. The number of nitrogens with one attached hydrogen (secondary N) is 1. The molecular weight excluding hydrogens is 435 g/mol. The van der Waals surface area contributed by atoms with E-state index in [0.717, 1.165) is 6.26 Å². The highest BCUT2D eigenvalue weighted by molar-refractivity contribution is 7.90. The van der Waals surface area contributed by atoms with Gasteiger partial charge in [0.15, 0.2) is 9.84 Å². The number of nitrogens with zero attached hydrogens (tertiary/aromatic N) is 1. The summed E-state index contributed by atoms with van der Waals surface area (Å²) in [4.78, 5) is 12.9. The molecule has 2 aromatic carbocycles. The van der Waals surface area contributed by atoms with Crippen LogP contribution < -0.4 is 10.1 Å². The van der Waals surface area contributed by atoms with Crippen LogP contribution in [0.3, 0.4) is 0 Å². The number of benzene rings is 2. The first-order valence-corrected chi connectivity index (χ1v) is 11.2. The Morgan fingerprint density at radius 2 is 2.00 bits per heavy atom. The van der Waals surface area contributed by atoms with Gasteiger partial charge in [0.2, 0.25) is 0 Å². The van der Waals surface area contributed by atoms with Crippen LogP contribution in [0.15, 0.2) is 47.0 Å². The van der Waals surface area contributed by atoms with Crippen LogP contribution in [0.2, 0.25) is 5.02 Å². The van der Waals surface area contributed by atoms with Crippen molar-refractivity contribution in [1.82, 2.24) is 5.16 Å². The second-order valence-electron chi connectivity index (χ2n) is 6.52. The molecule has 3 rings (SSSR count). The van der Waals surface area contributed by atoms with E-state index in [-0.39, 0.29) is 40.0 Å². The van der Waals surface area contributed by atoms with Gasteiger partial charge in [-0.1, -0.05) is 28.9 Å². The van der Waals surface area contributed by atoms with Crippen LogP contribution in [0.5, 0.6) is 5.75 Å². The van der Waals surface area contributed by atoms with E-state index in [9.17, 15) is 17.6 Å². The number of sulfone groups is 1. The summed E-state index contributed by atoms with van der Waals surface area (Å²) >= 11 is 6.10. The van der Waals surface area contributed by atoms with Gasteiger partial charge in [-0.15, -0.1) is 0 Å². The summed E-state index contributed by atoms with van der Waals surface area (Å²) in [5, 5.41) is 6.58. The first-order valence-electron chi connectivity index (χ1n) is 8.78. The predicted octanol–water partition coefficient (Wildman–Crippen LogP) is 4.12. The van der Waals surface area contributed by atoms with Crippen LogP contribution in [0.25, 0.3) is 11.3 Å². The van der Waals surface area contributed by atoms with Gasteiger partial charge in [0.1, 0.15) is 35.2 Å². The van der Waals surface area contributed by atoms with Crippen LogP contribution in [0, 0.1) is 12.7 Å². The van der Waals surface area contributed by atoms with Crippen LogP contribution >= 0.6 is 11.6 Å². The molecule has 0 aliphatic carbocycles. The Morgan fingerprint density at radius 3 is 2.70 bits per heavy atom. The molecule has 0 saturated heterocycles. The molecule has 3 aromatic rings. The van der Waals surface area contributed by atoms with Gasteiger partial charge < -0.3 is 14.6 Å². The summed E-state index contributed by atoms with van der Waals surface area (Å²) in [6.45, 7) is 1.52. The Hall–Kier alpha value is -2.91. The average molecular weight is 453 g/mol. The lowest BCUT2D eigenvalue weighted by molar-refractivity contribution is 0.102. The third-order valence-electron chi connectivity index (χ3n) is 4.10. The molecule has 0 spiro atoms. The van der Waals surface area contributed by atoms with Gasteiger partial charge >= 0.3 is 0 Å². The van der Waals surface area contributed by atoms with Gasteiger partial charge in [-0.3, -0.25) is 4.79 Å². The van der Waals surface area contributed by atoms with Gasteiger partial charge in [-0.25, -0.2) is 12.8 Å². The molecule has 0 aliphatic heterocycles. The number of anilines is 1. The zero-order valence-corrected chi connectivity index (χ0v) is 17.7. The zero-order chi connectivity index (χ0) is 21.9. The molecule has 0 saturated carbocycles. The Labute approximate surface area is 177 Å². The van der Waals surface area contributed by atoms with Crippen molar-refractivity contribution in [2.75, 3.05) is 23.9 Å². The van der Waals surface area contributed by atoms with Crippen molar-refractivity contribution in [2.24, 2.45) is 0 Å². The second kappa shape index (κ2) is 8.85. The summed E-state index contributed by atoms with van der Waals surface area (Å²) in [7, 11) is -3.15. The molecule has 10 heteroatoms. The van der Waals surface area contributed by atoms with Crippen LogP contribution in [-0.2, 0) is 9.84 Å². The maximum Gasteiger partial charge on any atom is 0.261 e. The smallest absolute Gasteiger partial charge is 0.261 e. The number of carbonyl (C=O) groups excluding carboxylic acids is 1. The molecule has 1 amide bonds. The van der Waals surface area contributed by atoms with Crippen molar-refractivity contribution < 1.29 is 26.9 Å². The first kappa shape index (κ1) is 21.8. The van der Waals surface area contributed by atoms with Crippen molar-refractivity contribution in [3.05, 3.63) is 64.6 Å². The lowest BCUT2D eigenvalue weighted by Crippen LogP contribution is -2.14. The van der Waals surface area contributed by atoms with E-state index in [1.54, 1.807) is 24.3 Å². The SMILES string of the molecule is Cc1onc(-c2c(F)cccc2Cl)c1C(=O)Nc1cccc(OCCS(C)(=O)=O)c1. The Bertz CT molecular complexity index is 1170. The number of aromatic nitrogens is 1. The summed E-state index contributed by atoms with van der Waals surface area (Å²) in [6, 6.07) is 10.6. The highest BCUT2D eigenvalue weighted by Crippen LogP contribution is 2.33. The number of rotatable bonds is 7. The molecule has 0 unspecified atom stereocenters. The Kier molecular flexibility index (Phi) is 6.42. The summed E-state index contributed by atoms with van der Waals surface area (Å²) < 4.78 is 47.3. The highest BCUT2D eigenvalue weighted by Gasteiger charge is 2.25. The summed E-state index contributed by atoms with van der Waals surface area (Å²) in [5.41, 5.74) is 0.404. The molecule has 0 bridgehead atoms. The summed E-state index contributed by atoms with van der Waals surface area (Å²) in [6.07, 6.45) is 1.12. The average Bonchev–Trinajstić information content (AvgIpc) is 3.02. The van der Waals surface area contributed by atoms with Gasteiger partial charge in [-0.2, -0.15) is 0 Å². The minimum atomic E-state index is -3.15. The number of hydrogen-bond donors (Lipinski definition) is 1. The van der Waals surface area contributed by atoms with E-state index >= 15 is 0 Å². The molecular formula is C20H18ClFN2O5S. The first-order chi connectivity index (χ1) is 14.2. The fraction of sp³-hybridized carbons (Fsp3) is 0.200. The third-order valence-corrected chi connectivity index (χ3v) is 5.33. The van der Waals surface area contributed by atoms with Gasteiger partial charge in [0.05, 0.1) is 16.3 Å². The highest BCUT2D eigenvalue weighted by atomic mass is 35.5. The maximum absolute atomic E-state index is 14.3. The molecule has 1 N–H and O–H groups in total. The fourth-order valence-electron chi connectivity index (χ4n) is 2.70. The number of carbonyl (C=O) groups is 1. The lowest BCUT2D eigenvalue weighted by Gasteiger charge is -2.10. The lowest BCUT2D eigenvalue weighted by atomic mass is 10.0. The Balaban J connectivity index is 1.83. The standard InChI is InChI=1S/C20H18ClFN2O5S/c1-12-17(19(24-29-12)18-15(21)7-4-8-16(18)22)20(25)23-13-5-3-6-14(11-13)28-9-10-30(2,26)27/h3-8,11H,9-10H2,1-2H3,(H,23,25). The fourth-order valence-corrected chi connectivity index (χ4v) is 3.34. The molecule has 0 aliphatic rings. The van der Waals surface area contributed by atoms with E-state index in [0.29, 0.717) is 11.4 Å². The topological polar surface area (TPSA) is 98.5 Å². The number of ether oxygens (including phenoxy) is 1. The van der Waals surface area contributed by atoms with Gasteiger partial charge in [-0.05, 0) is 31.2 Å². The maximum atomic E-state index is 14.3. The van der Waals surface area contributed by atoms with Crippen molar-refractivity contribution in [3.63, 3.8) is 0 Å². The minimum Gasteiger partial charge on any atom is -0.492 e. The van der Waals surface area contributed by atoms with Crippen LogP contribution in [0.4, 0.5) is 10.1 Å².